The number of fused-ring (bicyclic) bond motifs is 1. The Morgan fingerprint density at radius 3 is 2.77 bits per heavy atom. The number of aromatic nitrogens is 4. The van der Waals surface area contributed by atoms with E-state index in [0.29, 0.717) is 38.1 Å². The second kappa shape index (κ2) is 12.1. The first-order chi connectivity index (χ1) is 16.7. The van der Waals surface area contributed by atoms with Gasteiger partial charge < -0.3 is 29.8 Å². The molecule has 1 aliphatic rings. The van der Waals surface area contributed by atoms with Gasteiger partial charge in [0.05, 0.1) is 6.04 Å². The monoisotopic (exact) mass is 503 g/mol. The average molecular weight is 503 g/mol. The summed E-state index contributed by atoms with van der Waals surface area (Å²) in [6.45, 7) is 3.43. The highest BCUT2D eigenvalue weighted by molar-refractivity contribution is 5.31. The van der Waals surface area contributed by atoms with Crippen LogP contribution in [0.2, 0.25) is 0 Å². The molecule has 0 aromatic carbocycles. The molecule has 2 aromatic heterocycles. The van der Waals surface area contributed by atoms with Crippen LogP contribution >= 0.6 is 0 Å². The van der Waals surface area contributed by atoms with Crippen LogP contribution in [0.25, 0.3) is 0 Å². The fourth-order valence-electron chi connectivity index (χ4n) is 3.59. The molecule has 1 N–H and O–H groups in total. The predicted molar refractivity (Wildman–Crippen MR) is 117 cm³/mol. The van der Waals surface area contributed by atoms with Gasteiger partial charge in [-0.1, -0.05) is 13.3 Å². The van der Waals surface area contributed by atoms with Crippen LogP contribution in [0, 0.1) is 10.1 Å². The van der Waals surface area contributed by atoms with Crippen LogP contribution in [0.4, 0.5) is 24.9 Å². The number of ether oxygens (including phenoxy) is 3. The molecule has 194 valence electrons. The number of imidazole rings is 1. The quantitative estimate of drug-likeness (QED) is 0.188. The van der Waals surface area contributed by atoms with Gasteiger partial charge in [-0.05, 0) is 17.8 Å². The molecule has 0 amide bonds. The second-order valence-corrected chi connectivity index (χ2v) is 7.92. The van der Waals surface area contributed by atoms with Crippen molar-refractivity contribution >= 4 is 11.8 Å². The van der Waals surface area contributed by atoms with Crippen LogP contribution < -0.4 is 15.0 Å². The van der Waals surface area contributed by atoms with E-state index in [9.17, 15) is 23.3 Å². The maximum Gasteiger partial charge on any atom is 0.524 e. The molecule has 15 heteroatoms. The summed E-state index contributed by atoms with van der Waals surface area (Å²) in [7, 11) is 1.52. The fourth-order valence-corrected chi connectivity index (χ4v) is 3.59. The summed E-state index contributed by atoms with van der Waals surface area (Å²) in [6, 6.07) is 0.0503. The zero-order chi connectivity index (χ0) is 25.4. The number of nitrogens with one attached hydrogen (secondary N) is 1. The molecule has 3 rings (SSSR count). The molecule has 0 aliphatic carbocycles. The standard InChI is InChI=1S/C20H28F3N7O5/c1-3-5-17(35-20(21,22)23)29(6-4-7-33-2)18-25-9-14(10-26-18)8-24-15-11-28-12-16(30(31)32)27-19(28)34-13-15/h9-10,12,15,17,24H,3-8,11,13H2,1-2H3/t15-,17?/m0/s1. The normalized spacial score (nSPS) is 16.4. The molecule has 0 spiro atoms. The number of rotatable bonds is 13. The minimum atomic E-state index is -4.79. The molecule has 12 nitrogen and oxygen atoms in total. The number of alkyl halides is 3. The Balaban J connectivity index is 1.63. The number of halogens is 3. The highest BCUT2D eigenvalue weighted by Gasteiger charge is 2.36. The average Bonchev–Trinajstić information content (AvgIpc) is 3.24. The van der Waals surface area contributed by atoms with Gasteiger partial charge in [-0.25, -0.2) is 9.97 Å². The molecule has 3 heterocycles. The lowest BCUT2D eigenvalue weighted by molar-refractivity contribution is -0.389. The highest BCUT2D eigenvalue weighted by atomic mass is 19.4. The first-order valence-electron chi connectivity index (χ1n) is 11.1. The van der Waals surface area contributed by atoms with E-state index < -0.39 is 17.5 Å². The SMILES string of the molecule is CCCC(OC(F)(F)F)N(CCCOC)c1ncc(CN[C@@H]2COc3nc([N+](=O)[O-])cn3C2)cn1. The molecule has 1 aliphatic heterocycles. The van der Waals surface area contributed by atoms with Crippen molar-refractivity contribution in [1.29, 1.82) is 0 Å². The van der Waals surface area contributed by atoms with Crippen LogP contribution in [-0.4, -0.2) is 69.9 Å². The van der Waals surface area contributed by atoms with E-state index >= 15 is 0 Å². The lowest BCUT2D eigenvalue weighted by Gasteiger charge is -2.32. The van der Waals surface area contributed by atoms with Crippen LogP contribution in [0.3, 0.4) is 0 Å². The predicted octanol–water partition coefficient (Wildman–Crippen LogP) is 2.64. The van der Waals surface area contributed by atoms with Gasteiger partial charge >= 0.3 is 18.2 Å². The molecule has 0 radical (unpaired) electrons. The van der Waals surface area contributed by atoms with Gasteiger partial charge in [-0.15, -0.1) is 13.2 Å². The Morgan fingerprint density at radius 2 is 2.14 bits per heavy atom. The number of nitrogens with zero attached hydrogens (tertiary/aromatic N) is 6. The molecular formula is C20H28F3N7O5. The third-order valence-corrected chi connectivity index (χ3v) is 5.19. The summed E-state index contributed by atoms with van der Waals surface area (Å²) in [5.74, 6) is -0.153. The number of methoxy groups -OCH3 is 1. The van der Waals surface area contributed by atoms with Gasteiger partial charge in [0.2, 0.25) is 5.95 Å². The first-order valence-corrected chi connectivity index (χ1v) is 11.1. The minimum absolute atomic E-state index is 0.129. The summed E-state index contributed by atoms with van der Waals surface area (Å²) in [4.78, 5) is 24.1. The van der Waals surface area contributed by atoms with E-state index in [2.05, 4.69) is 25.0 Å². The van der Waals surface area contributed by atoms with Crippen molar-refractivity contribution in [3.8, 4) is 6.01 Å². The maximum atomic E-state index is 13.0. The van der Waals surface area contributed by atoms with Crippen LogP contribution in [0.5, 0.6) is 6.01 Å². The van der Waals surface area contributed by atoms with Gasteiger partial charge in [0.15, 0.2) is 0 Å². The van der Waals surface area contributed by atoms with Crippen molar-refractivity contribution in [3.63, 3.8) is 0 Å². The number of hydrogen-bond acceptors (Lipinski definition) is 10. The zero-order valence-corrected chi connectivity index (χ0v) is 19.4. The number of hydrogen-bond donors (Lipinski definition) is 1. The molecule has 0 fully saturated rings. The van der Waals surface area contributed by atoms with Gasteiger partial charge in [-0.2, -0.15) is 0 Å². The van der Waals surface area contributed by atoms with E-state index in [1.54, 1.807) is 11.5 Å². The first kappa shape index (κ1) is 26.6. The lowest BCUT2D eigenvalue weighted by Crippen LogP contribution is -2.43. The van der Waals surface area contributed by atoms with E-state index in [1.165, 1.54) is 30.6 Å². The molecule has 35 heavy (non-hydrogen) atoms. The minimum Gasteiger partial charge on any atom is -0.444 e. The second-order valence-electron chi connectivity index (χ2n) is 7.92. The summed E-state index contributed by atoms with van der Waals surface area (Å²) in [5.41, 5.74) is 0.705. The fraction of sp³-hybridized carbons (Fsp3) is 0.650. The Labute approximate surface area is 199 Å². The number of anilines is 1. The van der Waals surface area contributed by atoms with Crippen LogP contribution in [0.1, 0.15) is 31.7 Å². The van der Waals surface area contributed by atoms with Gasteiger partial charge in [-0.3, -0.25) is 9.30 Å². The van der Waals surface area contributed by atoms with Crippen LogP contribution in [0.15, 0.2) is 18.6 Å². The summed E-state index contributed by atoms with van der Waals surface area (Å²) in [5, 5.41) is 14.1. The van der Waals surface area contributed by atoms with Gasteiger partial charge in [0.25, 0.3) is 0 Å². The van der Waals surface area contributed by atoms with Gasteiger partial charge in [0, 0.05) is 56.3 Å². The van der Waals surface area contributed by atoms with Gasteiger partial charge in [0.1, 0.15) is 19.0 Å². The molecule has 0 bridgehead atoms. The van der Waals surface area contributed by atoms with E-state index in [0.717, 1.165) is 0 Å². The third-order valence-electron chi connectivity index (χ3n) is 5.19. The summed E-state index contributed by atoms with van der Waals surface area (Å²) in [6.07, 6.45) is -0.562. The van der Waals surface area contributed by atoms with Crippen molar-refractivity contribution in [1.82, 2.24) is 24.8 Å². The lowest BCUT2D eigenvalue weighted by atomic mass is 10.2. The highest BCUT2D eigenvalue weighted by Crippen LogP contribution is 2.26. The summed E-state index contributed by atoms with van der Waals surface area (Å²) < 4.78 is 55.4. The third kappa shape index (κ3) is 7.73. The Bertz CT molecular complexity index is 958. The number of nitro groups is 1. The van der Waals surface area contributed by atoms with E-state index in [-0.39, 0.29) is 43.4 Å². The van der Waals surface area contributed by atoms with E-state index in [1.807, 2.05) is 0 Å². The van der Waals surface area contributed by atoms with E-state index in [4.69, 9.17) is 9.47 Å². The maximum absolute atomic E-state index is 13.0. The topological polar surface area (TPSA) is 130 Å². The zero-order valence-electron chi connectivity index (χ0n) is 19.4. The molecular weight excluding hydrogens is 475 g/mol. The van der Waals surface area contributed by atoms with Crippen molar-refractivity contribution in [2.75, 3.05) is 31.8 Å². The molecule has 1 unspecified atom stereocenters. The van der Waals surface area contributed by atoms with Crippen molar-refractivity contribution in [2.24, 2.45) is 0 Å². The Kier molecular flexibility index (Phi) is 9.17. The molecule has 2 aromatic rings. The molecule has 0 saturated heterocycles. The molecule has 0 saturated carbocycles. The Morgan fingerprint density at radius 1 is 1.40 bits per heavy atom. The van der Waals surface area contributed by atoms with Crippen molar-refractivity contribution in [3.05, 3.63) is 34.3 Å². The Hall–Kier alpha value is -3.04. The molecule has 2 atom stereocenters. The largest absolute Gasteiger partial charge is 0.524 e. The smallest absolute Gasteiger partial charge is 0.444 e. The van der Waals surface area contributed by atoms with Crippen molar-refractivity contribution < 1.29 is 32.3 Å². The van der Waals surface area contributed by atoms with Crippen LogP contribution in [-0.2, 0) is 22.6 Å². The summed E-state index contributed by atoms with van der Waals surface area (Å²) >= 11 is 0. The van der Waals surface area contributed by atoms with Crippen molar-refractivity contribution in [2.45, 2.75) is 57.9 Å².